The Morgan fingerprint density at radius 2 is 2.33 bits per heavy atom. The predicted molar refractivity (Wildman–Crippen MR) is 71.2 cm³/mol. The first-order valence-corrected chi connectivity index (χ1v) is 7.06. The van der Waals surface area contributed by atoms with Crippen LogP contribution in [0.3, 0.4) is 0 Å². The van der Waals surface area contributed by atoms with Crippen LogP contribution in [-0.4, -0.2) is 18.4 Å². The molecule has 4 nitrogen and oxygen atoms in total. The topological polar surface area (TPSA) is 58.2 Å². The number of carbonyl (C=O) groups excluding carboxylic acids is 2. The van der Waals surface area contributed by atoms with E-state index in [0.29, 0.717) is 18.9 Å². The number of nitrogens with one attached hydrogen (secondary N) is 2. The summed E-state index contributed by atoms with van der Waals surface area (Å²) in [6.45, 7) is 4.63. The van der Waals surface area contributed by atoms with Crippen LogP contribution in [-0.2, 0) is 9.59 Å². The van der Waals surface area contributed by atoms with Gasteiger partial charge >= 0.3 is 0 Å². The Morgan fingerprint density at radius 3 is 2.83 bits per heavy atom. The van der Waals surface area contributed by atoms with Crippen molar-refractivity contribution in [3.8, 4) is 0 Å². The summed E-state index contributed by atoms with van der Waals surface area (Å²) in [7, 11) is 0. The highest BCUT2D eigenvalue weighted by Crippen LogP contribution is 2.26. The monoisotopic (exact) mass is 266 g/mol. The molecule has 1 aliphatic heterocycles. The molecule has 18 heavy (non-hydrogen) atoms. The lowest BCUT2D eigenvalue weighted by atomic mass is 10.0. The number of rotatable bonds is 4. The molecule has 1 aliphatic rings. The summed E-state index contributed by atoms with van der Waals surface area (Å²) in [6.07, 6.45) is 0.307. The van der Waals surface area contributed by atoms with Crippen molar-refractivity contribution in [1.29, 1.82) is 0 Å². The van der Waals surface area contributed by atoms with Crippen molar-refractivity contribution in [1.82, 2.24) is 10.6 Å². The van der Waals surface area contributed by atoms with Crippen LogP contribution in [0.4, 0.5) is 0 Å². The number of amides is 2. The van der Waals surface area contributed by atoms with Crippen molar-refractivity contribution in [3.63, 3.8) is 0 Å². The smallest absolute Gasteiger partial charge is 0.225 e. The van der Waals surface area contributed by atoms with E-state index >= 15 is 0 Å². The van der Waals surface area contributed by atoms with Crippen molar-refractivity contribution in [3.05, 3.63) is 22.4 Å². The average molecular weight is 266 g/mol. The van der Waals surface area contributed by atoms with Gasteiger partial charge in [0.05, 0.1) is 12.0 Å². The van der Waals surface area contributed by atoms with E-state index in [-0.39, 0.29) is 23.8 Å². The lowest BCUT2D eigenvalue weighted by Crippen LogP contribution is -2.36. The lowest BCUT2D eigenvalue weighted by molar-refractivity contribution is -0.127. The van der Waals surface area contributed by atoms with Gasteiger partial charge in [0.15, 0.2) is 0 Å². The summed E-state index contributed by atoms with van der Waals surface area (Å²) < 4.78 is 0. The Hall–Kier alpha value is -1.36. The van der Waals surface area contributed by atoms with E-state index in [1.54, 1.807) is 11.3 Å². The summed E-state index contributed by atoms with van der Waals surface area (Å²) in [5.74, 6) is 0.0456. The van der Waals surface area contributed by atoms with Gasteiger partial charge in [-0.25, -0.2) is 0 Å². The quantitative estimate of drug-likeness (QED) is 0.871. The van der Waals surface area contributed by atoms with Gasteiger partial charge in [0.1, 0.15) is 0 Å². The van der Waals surface area contributed by atoms with Gasteiger partial charge in [-0.1, -0.05) is 19.9 Å². The van der Waals surface area contributed by atoms with E-state index in [1.807, 2.05) is 17.5 Å². The molecule has 1 fully saturated rings. The summed E-state index contributed by atoms with van der Waals surface area (Å²) in [4.78, 5) is 24.4. The molecule has 2 amide bonds. The van der Waals surface area contributed by atoms with Gasteiger partial charge in [-0.05, 0) is 17.4 Å². The number of carbonyl (C=O) groups is 2. The van der Waals surface area contributed by atoms with Gasteiger partial charge in [-0.15, -0.1) is 11.3 Å². The Labute approximate surface area is 111 Å². The maximum absolute atomic E-state index is 12.1. The first kappa shape index (κ1) is 13.1. The lowest BCUT2D eigenvalue weighted by Gasteiger charge is -2.22. The summed E-state index contributed by atoms with van der Waals surface area (Å²) >= 11 is 1.65. The fourth-order valence-electron chi connectivity index (χ4n) is 2.10. The summed E-state index contributed by atoms with van der Waals surface area (Å²) in [5, 5.41) is 7.76. The summed E-state index contributed by atoms with van der Waals surface area (Å²) in [5.41, 5.74) is 0. The van der Waals surface area contributed by atoms with Crippen LogP contribution in [0.2, 0.25) is 0 Å². The second kappa shape index (κ2) is 5.52. The molecule has 1 saturated heterocycles. The van der Waals surface area contributed by atoms with E-state index in [4.69, 9.17) is 0 Å². The summed E-state index contributed by atoms with van der Waals surface area (Å²) in [6, 6.07) is 4.06. The minimum absolute atomic E-state index is 0.0274. The van der Waals surface area contributed by atoms with Crippen LogP contribution >= 0.6 is 11.3 Å². The van der Waals surface area contributed by atoms with Crippen LogP contribution in [0.15, 0.2) is 17.5 Å². The van der Waals surface area contributed by atoms with E-state index < -0.39 is 0 Å². The maximum Gasteiger partial charge on any atom is 0.225 e. The molecule has 98 valence electrons. The third kappa shape index (κ3) is 2.90. The van der Waals surface area contributed by atoms with Crippen molar-refractivity contribution in [2.75, 3.05) is 6.54 Å². The highest BCUT2D eigenvalue weighted by Gasteiger charge is 2.30. The van der Waals surface area contributed by atoms with Gasteiger partial charge in [0.25, 0.3) is 0 Å². The molecule has 0 aromatic carbocycles. The molecule has 0 bridgehead atoms. The van der Waals surface area contributed by atoms with Crippen LogP contribution < -0.4 is 10.6 Å². The number of hydrogen-bond donors (Lipinski definition) is 2. The first-order chi connectivity index (χ1) is 8.58. The largest absolute Gasteiger partial charge is 0.355 e. The van der Waals surface area contributed by atoms with Crippen LogP contribution in [0.25, 0.3) is 0 Å². The van der Waals surface area contributed by atoms with Gasteiger partial charge < -0.3 is 10.6 Å². The third-order valence-electron chi connectivity index (χ3n) is 3.16. The molecule has 5 heteroatoms. The number of thiophene rings is 1. The molecule has 1 aromatic heterocycles. The Balaban J connectivity index is 2.01. The Morgan fingerprint density at radius 1 is 1.56 bits per heavy atom. The molecule has 0 radical (unpaired) electrons. The van der Waals surface area contributed by atoms with Gasteiger partial charge in [0, 0.05) is 17.8 Å². The molecule has 0 aliphatic carbocycles. The second-order valence-electron chi connectivity index (χ2n) is 4.95. The normalized spacial score (nSPS) is 20.8. The third-order valence-corrected chi connectivity index (χ3v) is 4.12. The molecule has 2 rings (SSSR count). The van der Waals surface area contributed by atoms with Gasteiger partial charge in [-0.3, -0.25) is 9.59 Å². The molecule has 2 atom stereocenters. The average Bonchev–Trinajstić information content (AvgIpc) is 2.95. The van der Waals surface area contributed by atoms with E-state index in [2.05, 4.69) is 24.5 Å². The van der Waals surface area contributed by atoms with Crippen LogP contribution in [0.1, 0.15) is 31.2 Å². The van der Waals surface area contributed by atoms with Crippen molar-refractivity contribution >= 4 is 23.2 Å². The first-order valence-electron chi connectivity index (χ1n) is 6.18. The Bertz CT molecular complexity index is 428. The molecule has 0 saturated carbocycles. The van der Waals surface area contributed by atoms with E-state index in [9.17, 15) is 9.59 Å². The highest BCUT2D eigenvalue weighted by atomic mass is 32.1. The van der Waals surface area contributed by atoms with Crippen LogP contribution in [0.5, 0.6) is 0 Å². The molecule has 2 heterocycles. The standard InChI is InChI=1S/C13H18N2O2S/c1-8(2)12(10-4-3-5-18-10)15-13(17)9-6-11(16)14-7-9/h3-5,8-9,12H,6-7H2,1-2H3,(H,14,16)(H,15,17). The number of hydrogen-bond acceptors (Lipinski definition) is 3. The van der Waals surface area contributed by atoms with Crippen LogP contribution in [0, 0.1) is 11.8 Å². The van der Waals surface area contributed by atoms with Gasteiger partial charge in [-0.2, -0.15) is 0 Å². The molecular weight excluding hydrogens is 248 g/mol. The molecule has 2 unspecified atom stereocenters. The highest BCUT2D eigenvalue weighted by molar-refractivity contribution is 7.10. The zero-order chi connectivity index (χ0) is 13.1. The van der Waals surface area contributed by atoms with E-state index in [1.165, 1.54) is 0 Å². The van der Waals surface area contributed by atoms with E-state index in [0.717, 1.165) is 4.88 Å². The fraction of sp³-hybridized carbons (Fsp3) is 0.538. The SMILES string of the molecule is CC(C)C(NC(=O)C1CNC(=O)C1)c1cccs1. The molecule has 1 aromatic rings. The predicted octanol–water partition coefficient (Wildman–Crippen LogP) is 1.70. The zero-order valence-electron chi connectivity index (χ0n) is 10.6. The van der Waals surface area contributed by atoms with Crippen molar-refractivity contribution < 1.29 is 9.59 Å². The second-order valence-corrected chi connectivity index (χ2v) is 5.93. The minimum atomic E-state index is -0.223. The molecule has 2 N–H and O–H groups in total. The van der Waals surface area contributed by atoms with Crippen molar-refractivity contribution in [2.45, 2.75) is 26.3 Å². The Kier molecular flexibility index (Phi) is 4.01. The minimum Gasteiger partial charge on any atom is -0.355 e. The fourth-order valence-corrected chi connectivity index (χ4v) is 3.05. The zero-order valence-corrected chi connectivity index (χ0v) is 11.4. The maximum atomic E-state index is 12.1. The van der Waals surface area contributed by atoms with Crippen molar-refractivity contribution in [2.24, 2.45) is 11.8 Å². The molecule has 0 spiro atoms. The molecular formula is C13H18N2O2S. The van der Waals surface area contributed by atoms with Gasteiger partial charge in [0.2, 0.25) is 11.8 Å².